The van der Waals surface area contributed by atoms with Crippen LogP contribution in [0.2, 0.25) is 0 Å². The van der Waals surface area contributed by atoms with E-state index in [9.17, 15) is 14.9 Å². The number of hydrogen-bond acceptors (Lipinski definition) is 8. The molecule has 0 bridgehead atoms. The van der Waals surface area contributed by atoms with Gasteiger partial charge in [-0.05, 0) is 19.1 Å². The molecular formula is C22H17N3O5. The summed E-state index contributed by atoms with van der Waals surface area (Å²) in [5.74, 6) is -1.20. The SMILES string of the molecule is COC(=O)C(Oc1cc(Oc2ccccc2C#N)ncn1)(C(C)=O)c1ccccc1. The number of nitrogens with zero attached hydrogens (tertiary/aromatic N) is 3. The summed E-state index contributed by atoms with van der Waals surface area (Å²) in [5, 5.41) is 9.20. The Bertz CT molecular complexity index is 1110. The first kappa shape index (κ1) is 20.5. The maximum absolute atomic E-state index is 12.7. The van der Waals surface area contributed by atoms with Gasteiger partial charge in [0.2, 0.25) is 11.8 Å². The fourth-order valence-corrected chi connectivity index (χ4v) is 2.81. The van der Waals surface area contributed by atoms with Crippen LogP contribution in [0.4, 0.5) is 0 Å². The van der Waals surface area contributed by atoms with Gasteiger partial charge in [-0.2, -0.15) is 5.26 Å². The van der Waals surface area contributed by atoms with E-state index in [1.807, 2.05) is 6.07 Å². The van der Waals surface area contributed by atoms with Crippen molar-refractivity contribution >= 4 is 11.8 Å². The van der Waals surface area contributed by atoms with Gasteiger partial charge in [-0.3, -0.25) is 4.79 Å². The van der Waals surface area contributed by atoms with Crippen molar-refractivity contribution in [1.29, 1.82) is 5.26 Å². The number of rotatable bonds is 7. The second kappa shape index (κ2) is 8.84. The summed E-state index contributed by atoms with van der Waals surface area (Å²) in [6, 6.07) is 18.2. The summed E-state index contributed by atoms with van der Waals surface area (Å²) in [6.45, 7) is 1.23. The first-order chi connectivity index (χ1) is 14.5. The second-order valence-corrected chi connectivity index (χ2v) is 6.10. The zero-order valence-corrected chi connectivity index (χ0v) is 16.2. The van der Waals surface area contributed by atoms with Gasteiger partial charge in [0.15, 0.2) is 5.78 Å². The lowest BCUT2D eigenvalue weighted by atomic mass is 9.89. The molecule has 30 heavy (non-hydrogen) atoms. The molecule has 0 radical (unpaired) electrons. The monoisotopic (exact) mass is 403 g/mol. The molecule has 1 aromatic heterocycles. The third-order valence-corrected chi connectivity index (χ3v) is 4.25. The van der Waals surface area contributed by atoms with E-state index in [4.69, 9.17) is 14.2 Å². The molecule has 2 aromatic carbocycles. The first-order valence-electron chi connectivity index (χ1n) is 8.84. The Hall–Kier alpha value is -4.25. The third-order valence-electron chi connectivity index (χ3n) is 4.25. The van der Waals surface area contributed by atoms with Crippen molar-refractivity contribution in [2.75, 3.05) is 7.11 Å². The lowest BCUT2D eigenvalue weighted by molar-refractivity contribution is -0.165. The Balaban J connectivity index is 2.00. The van der Waals surface area contributed by atoms with Crippen LogP contribution in [0.1, 0.15) is 18.1 Å². The lowest BCUT2D eigenvalue weighted by Gasteiger charge is -2.29. The molecule has 1 atom stereocenters. The highest BCUT2D eigenvalue weighted by Crippen LogP contribution is 2.32. The van der Waals surface area contributed by atoms with E-state index < -0.39 is 17.4 Å². The molecule has 0 aliphatic carbocycles. The minimum absolute atomic E-state index is 0.0677. The molecule has 0 spiro atoms. The number of ketones is 1. The number of Topliss-reactive ketones (excluding diaryl/α,β-unsaturated/α-hetero) is 1. The number of esters is 1. The molecule has 0 saturated carbocycles. The molecule has 150 valence electrons. The van der Waals surface area contributed by atoms with Crippen molar-refractivity contribution in [3.8, 4) is 23.6 Å². The van der Waals surface area contributed by atoms with Gasteiger partial charge in [0.25, 0.3) is 5.60 Å². The Kier molecular flexibility index (Phi) is 6.03. The van der Waals surface area contributed by atoms with E-state index >= 15 is 0 Å². The van der Waals surface area contributed by atoms with Crippen LogP contribution in [0, 0.1) is 11.3 Å². The van der Waals surface area contributed by atoms with Crippen LogP contribution in [0.25, 0.3) is 0 Å². The lowest BCUT2D eigenvalue weighted by Crippen LogP contribution is -2.48. The fourth-order valence-electron chi connectivity index (χ4n) is 2.81. The number of ether oxygens (including phenoxy) is 3. The van der Waals surface area contributed by atoms with Crippen molar-refractivity contribution in [2.45, 2.75) is 12.5 Å². The van der Waals surface area contributed by atoms with E-state index in [-0.39, 0.29) is 11.8 Å². The topological polar surface area (TPSA) is 111 Å². The molecule has 1 heterocycles. The Morgan fingerprint density at radius 3 is 2.33 bits per heavy atom. The van der Waals surface area contributed by atoms with E-state index in [0.29, 0.717) is 16.9 Å². The molecule has 0 aliphatic heterocycles. The number of nitriles is 1. The number of carbonyl (C=O) groups is 2. The van der Waals surface area contributed by atoms with Crippen LogP contribution in [0.5, 0.6) is 17.5 Å². The predicted molar refractivity (Wildman–Crippen MR) is 105 cm³/mol. The average Bonchev–Trinajstić information content (AvgIpc) is 2.78. The first-order valence-corrected chi connectivity index (χ1v) is 8.84. The molecule has 3 aromatic rings. The van der Waals surface area contributed by atoms with Gasteiger partial charge in [-0.15, -0.1) is 0 Å². The number of methoxy groups -OCH3 is 1. The number of benzene rings is 2. The highest BCUT2D eigenvalue weighted by atomic mass is 16.6. The minimum Gasteiger partial charge on any atom is -0.465 e. The van der Waals surface area contributed by atoms with Crippen molar-refractivity contribution in [1.82, 2.24) is 9.97 Å². The number of para-hydroxylation sites is 1. The fraction of sp³-hybridized carbons (Fsp3) is 0.136. The highest BCUT2D eigenvalue weighted by molar-refractivity contribution is 6.07. The number of carbonyl (C=O) groups excluding carboxylic acids is 2. The smallest absolute Gasteiger partial charge is 0.363 e. The van der Waals surface area contributed by atoms with Crippen LogP contribution in [0.15, 0.2) is 67.0 Å². The summed E-state index contributed by atoms with van der Waals surface area (Å²) in [7, 11) is 1.17. The molecule has 3 rings (SSSR count). The Morgan fingerprint density at radius 2 is 1.67 bits per heavy atom. The molecule has 0 fully saturated rings. The zero-order chi connectivity index (χ0) is 21.6. The predicted octanol–water partition coefficient (Wildman–Crippen LogP) is 3.18. The normalized spacial score (nSPS) is 12.2. The molecule has 8 heteroatoms. The van der Waals surface area contributed by atoms with Crippen molar-refractivity contribution in [3.05, 3.63) is 78.1 Å². The van der Waals surface area contributed by atoms with Gasteiger partial charge in [0, 0.05) is 5.56 Å². The van der Waals surface area contributed by atoms with E-state index in [1.54, 1.807) is 54.6 Å². The zero-order valence-electron chi connectivity index (χ0n) is 16.2. The van der Waals surface area contributed by atoms with Gasteiger partial charge < -0.3 is 14.2 Å². The van der Waals surface area contributed by atoms with Gasteiger partial charge in [-0.25, -0.2) is 14.8 Å². The molecule has 0 amide bonds. The van der Waals surface area contributed by atoms with E-state index in [2.05, 4.69) is 9.97 Å². The van der Waals surface area contributed by atoms with E-state index in [1.165, 1.54) is 20.1 Å². The minimum atomic E-state index is -2.05. The molecule has 8 nitrogen and oxygen atoms in total. The molecule has 0 saturated heterocycles. The average molecular weight is 403 g/mol. The summed E-state index contributed by atoms with van der Waals surface area (Å²) >= 11 is 0. The second-order valence-electron chi connectivity index (χ2n) is 6.10. The largest absolute Gasteiger partial charge is 0.465 e. The molecule has 0 aliphatic rings. The highest BCUT2D eigenvalue weighted by Gasteiger charge is 2.49. The van der Waals surface area contributed by atoms with Crippen molar-refractivity contribution in [3.63, 3.8) is 0 Å². The van der Waals surface area contributed by atoms with Gasteiger partial charge in [0.1, 0.15) is 18.1 Å². The molecular weight excluding hydrogens is 386 g/mol. The summed E-state index contributed by atoms with van der Waals surface area (Å²) < 4.78 is 16.3. The summed E-state index contributed by atoms with van der Waals surface area (Å²) in [5.41, 5.74) is -1.44. The van der Waals surface area contributed by atoms with Gasteiger partial charge in [0.05, 0.1) is 18.7 Å². The van der Waals surface area contributed by atoms with Crippen LogP contribution in [0.3, 0.4) is 0 Å². The molecule has 1 unspecified atom stereocenters. The number of aromatic nitrogens is 2. The van der Waals surface area contributed by atoms with Gasteiger partial charge in [-0.1, -0.05) is 42.5 Å². The Morgan fingerprint density at radius 1 is 1.00 bits per heavy atom. The maximum atomic E-state index is 12.7. The van der Waals surface area contributed by atoms with Crippen LogP contribution in [-0.2, 0) is 19.9 Å². The van der Waals surface area contributed by atoms with Crippen LogP contribution < -0.4 is 9.47 Å². The van der Waals surface area contributed by atoms with Crippen molar-refractivity contribution < 1.29 is 23.8 Å². The van der Waals surface area contributed by atoms with Gasteiger partial charge >= 0.3 is 5.97 Å². The van der Waals surface area contributed by atoms with Crippen LogP contribution >= 0.6 is 0 Å². The summed E-state index contributed by atoms with van der Waals surface area (Å²) in [6.07, 6.45) is 1.16. The number of hydrogen-bond donors (Lipinski definition) is 0. The van der Waals surface area contributed by atoms with Crippen LogP contribution in [-0.4, -0.2) is 28.8 Å². The molecule has 0 N–H and O–H groups in total. The third kappa shape index (κ3) is 3.95. The summed E-state index contributed by atoms with van der Waals surface area (Å²) in [4.78, 5) is 33.2. The standard InChI is InChI=1S/C22H17N3O5/c1-15(26)22(21(27)28-2,17-9-4-3-5-10-17)30-20-12-19(24-14-25-20)29-18-11-7-6-8-16(18)13-23/h3-12,14H,1-2H3. The van der Waals surface area contributed by atoms with E-state index in [0.717, 1.165) is 6.33 Å². The maximum Gasteiger partial charge on any atom is 0.363 e. The quantitative estimate of drug-likeness (QED) is 0.437. The Labute approximate surface area is 172 Å². The van der Waals surface area contributed by atoms with Crippen molar-refractivity contribution in [2.24, 2.45) is 0 Å².